The molecule has 0 bridgehead atoms. The fourth-order valence-electron chi connectivity index (χ4n) is 0.875. The van der Waals surface area contributed by atoms with Crippen LogP contribution in [-0.2, 0) is 11.2 Å². The van der Waals surface area contributed by atoms with Crippen LogP contribution in [-0.4, -0.2) is 21.0 Å². The molecule has 0 unspecified atom stereocenters. The predicted octanol–water partition coefficient (Wildman–Crippen LogP) is 0.756. The first-order valence-corrected chi connectivity index (χ1v) is 3.51. The highest BCUT2D eigenvalue weighted by Crippen LogP contribution is 2.11. The van der Waals surface area contributed by atoms with Crippen molar-refractivity contribution in [2.75, 3.05) is 0 Å². The van der Waals surface area contributed by atoms with Crippen LogP contribution in [0.25, 0.3) is 0 Å². The van der Waals surface area contributed by atoms with Gasteiger partial charge in [-0.1, -0.05) is 0 Å². The second-order valence-corrected chi connectivity index (χ2v) is 2.46. The predicted molar refractivity (Wildman–Crippen MR) is 42.2 cm³/mol. The average molecular weight is 200 g/mol. The Morgan fingerprint density at radius 2 is 2.29 bits per heavy atom. The fraction of sp³-hybridized carbons (Fsp3) is 0.143. The standard InChI is InChI=1S/C7H5FN2O4/c8-4-1-5(3-7(11)12)9-6(2-4)10(13)14/h1-2H,3H2,(H,11,12). The zero-order valence-corrected chi connectivity index (χ0v) is 6.81. The van der Waals surface area contributed by atoms with E-state index in [-0.39, 0.29) is 5.69 Å². The van der Waals surface area contributed by atoms with E-state index in [4.69, 9.17) is 5.11 Å². The summed E-state index contributed by atoms with van der Waals surface area (Å²) in [4.78, 5) is 22.9. The van der Waals surface area contributed by atoms with Gasteiger partial charge in [0, 0.05) is 6.07 Å². The molecular formula is C7H5FN2O4. The van der Waals surface area contributed by atoms with Crippen LogP contribution in [0.2, 0.25) is 0 Å². The Bertz CT molecular complexity index is 393. The van der Waals surface area contributed by atoms with Crippen molar-refractivity contribution in [2.24, 2.45) is 0 Å². The van der Waals surface area contributed by atoms with Crippen molar-refractivity contribution in [3.63, 3.8) is 0 Å². The number of carboxylic acid groups (broad SMARTS) is 1. The van der Waals surface area contributed by atoms with Gasteiger partial charge in [0.1, 0.15) is 12.2 Å². The molecule has 0 atom stereocenters. The zero-order valence-electron chi connectivity index (χ0n) is 6.81. The minimum atomic E-state index is -1.22. The third-order valence-electron chi connectivity index (χ3n) is 1.35. The van der Waals surface area contributed by atoms with Crippen molar-refractivity contribution in [1.82, 2.24) is 4.98 Å². The van der Waals surface area contributed by atoms with E-state index in [1.807, 2.05) is 0 Å². The molecule has 1 heterocycles. The number of rotatable bonds is 3. The maximum atomic E-state index is 12.7. The minimum absolute atomic E-state index is 0.177. The van der Waals surface area contributed by atoms with E-state index in [1.54, 1.807) is 0 Å². The Balaban J connectivity index is 3.07. The van der Waals surface area contributed by atoms with Crippen molar-refractivity contribution >= 4 is 11.8 Å². The fourth-order valence-corrected chi connectivity index (χ4v) is 0.875. The molecule has 14 heavy (non-hydrogen) atoms. The van der Waals surface area contributed by atoms with Gasteiger partial charge in [-0.25, -0.2) is 4.39 Å². The van der Waals surface area contributed by atoms with Crippen molar-refractivity contribution < 1.29 is 19.2 Å². The van der Waals surface area contributed by atoms with Crippen LogP contribution in [0.5, 0.6) is 0 Å². The van der Waals surface area contributed by atoms with Gasteiger partial charge in [0.2, 0.25) is 0 Å². The average Bonchev–Trinajstić information content (AvgIpc) is 2.01. The molecule has 0 aliphatic carbocycles. The summed E-state index contributed by atoms with van der Waals surface area (Å²) in [6.45, 7) is 0. The first-order valence-electron chi connectivity index (χ1n) is 3.51. The van der Waals surface area contributed by atoms with Gasteiger partial charge < -0.3 is 15.2 Å². The number of halogens is 1. The van der Waals surface area contributed by atoms with Crippen LogP contribution in [0, 0.1) is 15.9 Å². The molecule has 0 saturated heterocycles. The van der Waals surface area contributed by atoms with E-state index in [0.29, 0.717) is 6.07 Å². The number of pyridine rings is 1. The topological polar surface area (TPSA) is 93.3 Å². The number of nitrogens with zero attached hydrogens (tertiary/aromatic N) is 2. The van der Waals surface area contributed by atoms with Crippen LogP contribution in [0.1, 0.15) is 5.69 Å². The minimum Gasteiger partial charge on any atom is -0.481 e. The lowest BCUT2D eigenvalue weighted by Gasteiger charge is -1.94. The third kappa shape index (κ3) is 2.47. The summed E-state index contributed by atoms with van der Waals surface area (Å²) in [6, 6.07) is 1.48. The van der Waals surface area contributed by atoms with E-state index < -0.39 is 28.9 Å². The number of hydrogen-bond acceptors (Lipinski definition) is 4. The smallest absolute Gasteiger partial charge is 0.366 e. The lowest BCUT2D eigenvalue weighted by Crippen LogP contribution is -2.04. The number of hydrogen-bond donors (Lipinski definition) is 1. The Kier molecular flexibility index (Phi) is 2.70. The third-order valence-corrected chi connectivity index (χ3v) is 1.35. The van der Waals surface area contributed by atoms with Gasteiger partial charge >= 0.3 is 11.8 Å². The number of carboxylic acids is 1. The molecule has 1 aromatic heterocycles. The van der Waals surface area contributed by atoms with Gasteiger partial charge in [-0.05, 0) is 9.91 Å². The molecule has 74 valence electrons. The quantitative estimate of drug-likeness (QED) is 0.574. The molecule has 0 aliphatic heterocycles. The van der Waals surface area contributed by atoms with E-state index >= 15 is 0 Å². The van der Waals surface area contributed by atoms with Gasteiger partial charge in [0.05, 0.1) is 6.07 Å². The van der Waals surface area contributed by atoms with Crippen LogP contribution in [0.3, 0.4) is 0 Å². The second kappa shape index (κ2) is 3.77. The summed E-state index contributed by atoms with van der Waals surface area (Å²) in [5, 5.41) is 18.6. The molecule has 6 nitrogen and oxygen atoms in total. The van der Waals surface area contributed by atoms with Gasteiger partial charge in [-0.3, -0.25) is 4.79 Å². The number of aromatic nitrogens is 1. The molecule has 0 aliphatic rings. The van der Waals surface area contributed by atoms with E-state index in [1.165, 1.54) is 0 Å². The lowest BCUT2D eigenvalue weighted by atomic mass is 10.2. The Morgan fingerprint density at radius 1 is 1.64 bits per heavy atom. The first-order chi connectivity index (χ1) is 6.49. The van der Waals surface area contributed by atoms with E-state index in [0.717, 1.165) is 6.07 Å². The molecule has 0 aromatic carbocycles. The summed E-state index contributed by atoms with van der Waals surface area (Å²) >= 11 is 0. The number of aliphatic carboxylic acids is 1. The van der Waals surface area contributed by atoms with Crippen LogP contribution < -0.4 is 0 Å². The number of carbonyl (C=O) groups is 1. The monoisotopic (exact) mass is 200 g/mol. The van der Waals surface area contributed by atoms with E-state index in [9.17, 15) is 19.3 Å². The maximum absolute atomic E-state index is 12.7. The molecule has 0 spiro atoms. The van der Waals surface area contributed by atoms with Gasteiger partial charge in [-0.2, -0.15) is 0 Å². The Labute approximate surface area is 77.2 Å². The van der Waals surface area contributed by atoms with Gasteiger partial charge in [0.25, 0.3) is 0 Å². The molecule has 1 aromatic rings. The second-order valence-electron chi connectivity index (χ2n) is 2.46. The molecule has 1 rings (SSSR count). The summed E-state index contributed by atoms with van der Waals surface area (Å²) in [6.07, 6.45) is -0.543. The Hall–Kier alpha value is -2.05. The Morgan fingerprint density at radius 3 is 2.79 bits per heavy atom. The van der Waals surface area contributed by atoms with Crippen molar-refractivity contribution in [2.45, 2.75) is 6.42 Å². The molecular weight excluding hydrogens is 195 g/mol. The van der Waals surface area contributed by atoms with Crippen LogP contribution >= 0.6 is 0 Å². The molecule has 7 heteroatoms. The summed E-state index contributed by atoms with van der Waals surface area (Å²) in [5.41, 5.74) is -0.177. The summed E-state index contributed by atoms with van der Waals surface area (Å²) in [7, 11) is 0. The molecule has 0 amide bonds. The highest BCUT2D eigenvalue weighted by molar-refractivity contribution is 5.69. The molecule has 1 N–H and O–H groups in total. The van der Waals surface area contributed by atoms with Crippen LogP contribution in [0.4, 0.5) is 10.2 Å². The SMILES string of the molecule is O=C(O)Cc1cc(F)cc([N+](=O)[O-])n1. The van der Waals surface area contributed by atoms with Crippen molar-refractivity contribution in [3.05, 3.63) is 33.8 Å². The highest BCUT2D eigenvalue weighted by atomic mass is 19.1. The normalized spacial score (nSPS) is 9.79. The largest absolute Gasteiger partial charge is 0.481 e. The number of nitro groups is 1. The first kappa shape index (κ1) is 10.0. The molecule has 0 saturated carbocycles. The lowest BCUT2D eigenvalue weighted by molar-refractivity contribution is -0.389. The maximum Gasteiger partial charge on any atom is 0.366 e. The zero-order chi connectivity index (χ0) is 10.7. The highest BCUT2D eigenvalue weighted by Gasteiger charge is 2.15. The molecule has 0 radical (unpaired) electrons. The van der Waals surface area contributed by atoms with Crippen molar-refractivity contribution in [1.29, 1.82) is 0 Å². The van der Waals surface area contributed by atoms with Gasteiger partial charge in [0.15, 0.2) is 5.69 Å². The summed E-state index contributed by atoms with van der Waals surface area (Å²) < 4.78 is 12.7. The van der Waals surface area contributed by atoms with Crippen molar-refractivity contribution in [3.8, 4) is 0 Å². The van der Waals surface area contributed by atoms with Gasteiger partial charge in [-0.15, -0.1) is 0 Å². The van der Waals surface area contributed by atoms with Crippen LogP contribution in [0.15, 0.2) is 12.1 Å². The molecule has 0 fully saturated rings. The van der Waals surface area contributed by atoms with E-state index in [2.05, 4.69) is 4.98 Å². The summed E-state index contributed by atoms with van der Waals surface area (Å²) in [5.74, 6) is -2.79.